The Morgan fingerprint density at radius 1 is 1.00 bits per heavy atom. The quantitative estimate of drug-likeness (QED) is 0.571. The van der Waals surface area contributed by atoms with Crippen molar-refractivity contribution in [2.75, 3.05) is 44.7 Å². The fourth-order valence-electron chi connectivity index (χ4n) is 3.78. The lowest BCUT2D eigenvalue weighted by atomic mass is 10.1. The number of para-hydroxylation sites is 2. The van der Waals surface area contributed by atoms with E-state index in [0.29, 0.717) is 23.4 Å². The average Bonchev–Trinajstić information content (AvgIpc) is 3.14. The van der Waals surface area contributed by atoms with Gasteiger partial charge in [-0.05, 0) is 38.1 Å². The highest BCUT2D eigenvalue weighted by Crippen LogP contribution is 2.26. The van der Waals surface area contributed by atoms with E-state index < -0.39 is 0 Å². The summed E-state index contributed by atoms with van der Waals surface area (Å²) in [5.74, 6) is -0.331. The van der Waals surface area contributed by atoms with Crippen molar-refractivity contribution in [2.24, 2.45) is 0 Å². The number of anilines is 1. The van der Waals surface area contributed by atoms with Crippen LogP contribution in [0.2, 0.25) is 0 Å². The van der Waals surface area contributed by atoms with Crippen LogP contribution in [0.4, 0.5) is 5.69 Å². The minimum atomic E-state index is -0.374. The second-order valence-corrected chi connectivity index (χ2v) is 7.62. The van der Waals surface area contributed by atoms with Gasteiger partial charge in [0, 0.05) is 30.6 Å². The number of aryl methyl sites for hydroxylation is 1. The second-order valence-electron chi connectivity index (χ2n) is 7.62. The monoisotopic (exact) mass is 421 g/mol. The Morgan fingerprint density at radius 2 is 1.74 bits per heavy atom. The normalized spacial score (nSPS) is 14.5. The van der Waals surface area contributed by atoms with Crippen LogP contribution in [-0.2, 0) is 4.74 Å². The molecule has 3 aromatic rings. The fourth-order valence-corrected chi connectivity index (χ4v) is 3.78. The van der Waals surface area contributed by atoms with E-state index in [-0.39, 0.29) is 17.6 Å². The lowest BCUT2D eigenvalue weighted by molar-refractivity contribution is 0.0374. The summed E-state index contributed by atoms with van der Waals surface area (Å²) in [5.41, 5.74) is 2.32. The molecule has 2 heterocycles. The molecule has 0 radical (unpaired) electrons. The summed E-state index contributed by atoms with van der Waals surface area (Å²) in [4.78, 5) is 27.9. The predicted octanol–water partition coefficient (Wildman–Crippen LogP) is 3.45. The maximum atomic E-state index is 12.9. The third-order valence-electron chi connectivity index (χ3n) is 5.51. The number of nitrogens with zero attached hydrogens (tertiary/aromatic N) is 1. The number of benzene rings is 2. The topological polar surface area (TPSA) is 83.8 Å². The van der Waals surface area contributed by atoms with Crippen LogP contribution in [0.15, 0.2) is 52.9 Å². The number of morpholine rings is 1. The molecule has 1 aromatic heterocycles. The van der Waals surface area contributed by atoms with Gasteiger partial charge in [-0.15, -0.1) is 0 Å². The Labute approximate surface area is 181 Å². The van der Waals surface area contributed by atoms with E-state index in [0.717, 1.165) is 50.2 Å². The van der Waals surface area contributed by atoms with Crippen LogP contribution in [-0.4, -0.2) is 56.1 Å². The Bertz CT molecular complexity index is 1070. The first-order valence-corrected chi connectivity index (χ1v) is 10.6. The van der Waals surface area contributed by atoms with E-state index in [1.54, 1.807) is 24.3 Å². The van der Waals surface area contributed by atoms with Gasteiger partial charge in [0.1, 0.15) is 5.58 Å². The number of hydrogen-bond donors (Lipinski definition) is 2. The molecule has 7 heteroatoms. The molecule has 2 amide bonds. The van der Waals surface area contributed by atoms with Crippen LogP contribution in [0.25, 0.3) is 11.0 Å². The third-order valence-corrected chi connectivity index (χ3v) is 5.51. The summed E-state index contributed by atoms with van der Waals surface area (Å²) in [6.07, 6.45) is 0.860. The smallest absolute Gasteiger partial charge is 0.291 e. The van der Waals surface area contributed by atoms with E-state index in [9.17, 15) is 9.59 Å². The van der Waals surface area contributed by atoms with Crippen LogP contribution < -0.4 is 10.6 Å². The van der Waals surface area contributed by atoms with Crippen LogP contribution in [0.3, 0.4) is 0 Å². The molecule has 2 N–H and O–H groups in total. The molecule has 4 rings (SSSR count). The minimum absolute atomic E-state index is 0.209. The predicted molar refractivity (Wildman–Crippen MR) is 120 cm³/mol. The molecule has 0 saturated carbocycles. The number of rotatable bonds is 7. The van der Waals surface area contributed by atoms with Gasteiger partial charge < -0.3 is 19.8 Å². The number of nitrogens with one attached hydrogen (secondary N) is 2. The van der Waals surface area contributed by atoms with Crippen LogP contribution in [0, 0.1) is 6.92 Å². The van der Waals surface area contributed by atoms with Crippen molar-refractivity contribution >= 4 is 28.5 Å². The van der Waals surface area contributed by atoms with Gasteiger partial charge in [-0.1, -0.05) is 30.3 Å². The Morgan fingerprint density at radius 3 is 2.55 bits per heavy atom. The molecule has 0 aliphatic carbocycles. The third kappa shape index (κ3) is 4.95. The maximum Gasteiger partial charge on any atom is 0.291 e. The lowest BCUT2D eigenvalue weighted by Crippen LogP contribution is -2.38. The average molecular weight is 421 g/mol. The molecule has 1 fully saturated rings. The van der Waals surface area contributed by atoms with Crippen LogP contribution in [0.5, 0.6) is 0 Å². The molecule has 0 spiro atoms. The molecule has 162 valence electrons. The Balaban J connectivity index is 1.38. The van der Waals surface area contributed by atoms with Gasteiger partial charge in [0.15, 0.2) is 5.76 Å². The van der Waals surface area contributed by atoms with Crippen molar-refractivity contribution in [3.63, 3.8) is 0 Å². The molecule has 0 unspecified atom stereocenters. The molecule has 7 nitrogen and oxygen atoms in total. The number of carbonyl (C=O) groups is 2. The summed E-state index contributed by atoms with van der Waals surface area (Å²) in [5, 5.41) is 6.69. The summed E-state index contributed by atoms with van der Waals surface area (Å²) in [6.45, 7) is 6.75. The molecular weight excluding hydrogens is 394 g/mol. The fraction of sp³-hybridized carbons (Fsp3) is 0.333. The highest BCUT2D eigenvalue weighted by molar-refractivity contribution is 6.10. The first-order valence-electron chi connectivity index (χ1n) is 10.6. The number of ether oxygens (including phenoxy) is 1. The number of amides is 2. The van der Waals surface area contributed by atoms with E-state index >= 15 is 0 Å². The molecule has 2 aromatic carbocycles. The van der Waals surface area contributed by atoms with Crippen molar-refractivity contribution in [2.45, 2.75) is 13.3 Å². The van der Waals surface area contributed by atoms with Crippen LogP contribution in [0.1, 0.15) is 32.9 Å². The first kappa shape index (κ1) is 21.1. The maximum absolute atomic E-state index is 12.9. The van der Waals surface area contributed by atoms with Crippen molar-refractivity contribution < 1.29 is 18.7 Å². The van der Waals surface area contributed by atoms with Gasteiger partial charge in [-0.3, -0.25) is 14.5 Å². The van der Waals surface area contributed by atoms with E-state index in [2.05, 4.69) is 15.5 Å². The molecule has 1 saturated heterocycles. The number of fused-ring (bicyclic) bond motifs is 1. The Hall–Kier alpha value is -3.16. The summed E-state index contributed by atoms with van der Waals surface area (Å²) >= 11 is 0. The highest BCUT2D eigenvalue weighted by atomic mass is 16.5. The zero-order valence-corrected chi connectivity index (χ0v) is 17.6. The number of carbonyl (C=O) groups excluding carboxylic acids is 2. The van der Waals surface area contributed by atoms with Crippen molar-refractivity contribution in [3.8, 4) is 0 Å². The lowest BCUT2D eigenvalue weighted by Gasteiger charge is -2.26. The largest absolute Gasteiger partial charge is 0.451 e. The van der Waals surface area contributed by atoms with E-state index in [4.69, 9.17) is 9.15 Å². The standard InChI is InChI=1S/C24H27N3O4/c1-17-18-7-3-5-10-21(18)31-22(17)24(29)26-20-9-4-2-8-19(20)23(28)25-11-6-12-27-13-15-30-16-14-27/h2-5,7-10H,6,11-16H2,1H3,(H,25,28)(H,26,29). The molecule has 1 aliphatic rings. The zero-order chi connectivity index (χ0) is 21.6. The first-order chi connectivity index (χ1) is 15.1. The molecule has 1 aliphatic heterocycles. The van der Waals surface area contributed by atoms with E-state index in [1.165, 1.54) is 0 Å². The summed E-state index contributed by atoms with van der Waals surface area (Å²) < 4.78 is 11.1. The van der Waals surface area contributed by atoms with Crippen molar-refractivity contribution in [1.82, 2.24) is 10.2 Å². The van der Waals surface area contributed by atoms with Gasteiger partial charge in [0.05, 0.1) is 24.5 Å². The SMILES string of the molecule is Cc1c(C(=O)Nc2ccccc2C(=O)NCCCN2CCOCC2)oc2ccccc12. The molecule has 0 bridgehead atoms. The van der Waals surface area contributed by atoms with Crippen LogP contribution >= 0.6 is 0 Å². The van der Waals surface area contributed by atoms with Gasteiger partial charge in [-0.25, -0.2) is 0 Å². The van der Waals surface area contributed by atoms with Gasteiger partial charge in [-0.2, -0.15) is 0 Å². The van der Waals surface area contributed by atoms with Gasteiger partial charge in [0.25, 0.3) is 11.8 Å². The zero-order valence-electron chi connectivity index (χ0n) is 17.6. The van der Waals surface area contributed by atoms with E-state index in [1.807, 2.05) is 31.2 Å². The minimum Gasteiger partial charge on any atom is -0.451 e. The summed E-state index contributed by atoms with van der Waals surface area (Å²) in [6, 6.07) is 14.5. The number of furan rings is 1. The Kier molecular flexibility index (Phi) is 6.64. The van der Waals surface area contributed by atoms with Gasteiger partial charge >= 0.3 is 0 Å². The molecular formula is C24H27N3O4. The second kappa shape index (κ2) is 9.76. The number of hydrogen-bond acceptors (Lipinski definition) is 5. The van der Waals surface area contributed by atoms with Gasteiger partial charge in [0.2, 0.25) is 0 Å². The molecule has 0 atom stereocenters. The van der Waals surface area contributed by atoms with Crippen molar-refractivity contribution in [3.05, 3.63) is 65.4 Å². The summed E-state index contributed by atoms with van der Waals surface area (Å²) in [7, 11) is 0. The van der Waals surface area contributed by atoms with Crippen molar-refractivity contribution in [1.29, 1.82) is 0 Å². The highest BCUT2D eigenvalue weighted by Gasteiger charge is 2.20. The molecule has 31 heavy (non-hydrogen) atoms.